The standard InChI is InChI=1S/C14H17N3O4/c1-2-9-21-14(20)17-7-5-16(6-8-17)12-10-11(13(18)19)3-4-15-12/h2-4,10H,1,5-9H2,(H,18,19). The number of carboxylic acid groups (broad SMARTS) is 1. The molecule has 1 aliphatic heterocycles. The molecule has 7 heteroatoms. The molecule has 2 rings (SSSR count). The van der Waals surface area contributed by atoms with Crippen LogP contribution >= 0.6 is 0 Å². The molecule has 112 valence electrons. The number of hydrogen-bond donors (Lipinski definition) is 1. The summed E-state index contributed by atoms with van der Waals surface area (Å²) in [5.74, 6) is -0.376. The van der Waals surface area contributed by atoms with Crippen molar-refractivity contribution in [2.24, 2.45) is 0 Å². The van der Waals surface area contributed by atoms with Gasteiger partial charge >= 0.3 is 12.1 Å². The summed E-state index contributed by atoms with van der Waals surface area (Å²) in [6.45, 7) is 5.87. The Bertz CT molecular complexity index is 539. The number of aromatic carboxylic acids is 1. The Morgan fingerprint density at radius 3 is 2.71 bits per heavy atom. The maximum absolute atomic E-state index is 11.7. The smallest absolute Gasteiger partial charge is 0.410 e. The van der Waals surface area contributed by atoms with Gasteiger partial charge < -0.3 is 19.6 Å². The molecule has 0 bridgehead atoms. The Morgan fingerprint density at radius 1 is 1.38 bits per heavy atom. The second-order valence-electron chi connectivity index (χ2n) is 4.55. The summed E-state index contributed by atoms with van der Waals surface area (Å²) in [7, 11) is 0. The Hall–Kier alpha value is -2.57. The lowest BCUT2D eigenvalue weighted by Crippen LogP contribution is -2.49. The molecule has 21 heavy (non-hydrogen) atoms. The normalized spacial score (nSPS) is 14.7. The fourth-order valence-corrected chi connectivity index (χ4v) is 2.06. The molecule has 0 unspecified atom stereocenters. The first kappa shape index (κ1) is 14.8. The lowest BCUT2D eigenvalue weighted by Gasteiger charge is -2.34. The molecule has 1 fully saturated rings. The van der Waals surface area contributed by atoms with Crippen LogP contribution in [0, 0.1) is 0 Å². The van der Waals surface area contributed by atoms with Crippen LogP contribution < -0.4 is 4.90 Å². The van der Waals surface area contributed by atoms with Gasteiger partial charge in [0, 0.05) is 32.4 Å². The number of carboxylic acids is 1. The minimum atomic E-state index is -0.981. The predicted molar refractivity (Wildman–Crippen MR) is 76.5 cm³/mol. The van der Waals surface area contributed by atoms with Gasteiger partial charge in [-0.15, -0.1) is 0 Å². The van der Waals surface area contributed by atoms with Crippen LogP contribution in [0.5, 0.6) is 0 Å². The summed E-state index contributed by atoms with van der Waals surface area (Å²) in [5.41, 5.74) is 0.202. The number of rotatable bonds is 4. The number of carbonyl (C=O) groups excluding carboxylic acids is 1. The van der Waals surface area contributed by atoms with Crippen molar-refractivity contribution in [3.05, 3.63) is 36.5 Å². The van der Waals surface area contributed by atoms with Crippen molar-refractivity contribution in [1.29, 1.82) is 0 Å². The average molecular weight is 291 g/mol. The monoisotopic (exact) mass is 291 g/mol. The van der Waals surface area contributed by atoms with E-state index >= 15 is 0 Å². The fourth-order valence-electron chi connectivity index (χ4n) is 2.06. The first-order valence-corrected chi connectivity index (χ1v) is 6.58. The molecular weight excluding hydrogens is 274 g/mol. The molecular formula is C14H17N3O4. The van der Waals surface area contributed by atoms with Crippen molar-refractivity contribution >= 4 is 17.9 Å². The molecule has 0 radical (unpaired) electrons. The number of anilines is 1. The van der Waals surface area contributed by atoms with Gasteiger partial charge in [-0.2, -0.15) is 0 Å². The van der Waals surface area contributed by atoms with Gasteiger partial charge in [0.15, 0.2) is 0 Å². The number of carbonyl (C=O) groups is 2. The Kier molecular flexibility index (Phi) is 4.76. The second-order valence-corrected chi connectivity index (χ2v) is 4.55. The zero-order chi connectivity index (χ0) is 15.2. The summed E-state index contributed by atoms with van der Waals surface area (Å²) in [6, 6.07) is 2.99. The van der Waals surface area contributed by atoms with E-state index in [1.54, 1.807) is 4.90 Å². The number of piperazine rings is 1. The maximum atomic E-state index is 11.7. The highest BCUT2D eigenvalue weighted by molar-refractivity contribution is 5.88. The molecule has 0 aromatic carbocycles. The Labute approximate surface area is 122 Å². The van der Waals surface area contributed by atoms with Gasteiger partial charge in [0.05, 0.1) is 5.56 Å². The average Bonchev–Trinajstić information content (AvgIpc) is 2.53. The van der Waals surface area contributed by atoms with Crippen LogP contribution in [0.4, 0.5) is 10.6 Å². The van der Waals surface area contributed by atoms with Crippen LogP contribution in [0.3, 0.4) is 0 Å². The van der Waals surface area contributed by atoms with Gasteiger partial charge in [-0.1, -0.05) is 12.7 Å². The minimum Gasteiger partial charge on any atom is -0.478 e. The van der Waals surface area contributed by atoms with E-state index in [-0.39, 0.29) is 18.3 Å². The van der Waals surface area contributed by atoms with E-state index in [2.05, 4.69) is 11.6 Å². The number of ether oxygens (including phenoxy) is 1. The summed E-state index contributed by atoms with van der Waals surface area (Å²) in [4.78, 5) is 30.4. The highest BCUT2D eigenvalue weighted by Crippen LogP contribution is 2.15. The number of nitrogens with zero attached hydrogens (tertiary/aromatic N) is 3. The van der Waals surface area contributed by atoms with Crippen LogP contribution in [0.25, 0.3) is 0 Å². The molecule has 1 aromatic heterocycles. The van der Waals surface area contributed by atoms with E-state index in [1.807, 2.05) is 4.90 Å². The van der Waals surface area contributed by atoms with Crippen molar-refractivity contribution in [2.75, 3.05) is 37.7 Å². The first-order valence-electron chi connectivity index (χ1n) is 6.58. The van der Waals surface area contributed by atoms with Crippen molar-refractivity contribution in [2.45, 2.75) is 0 Å². The van der Waals surface area contributed by atoms with Gasteiger partial charge in [-0.05, 0) is 12.1 Å². The zero-order valence-electron chi connectivity index (χ0n) is 11.6. The number of hydrogen-bond acceptors (Lipinski definition) is 5. The van der Waals surface area contributed by atoms with E-state index in [0.29, 0.717) is 32.0 Å². The third-order valence-electron chi connectivity index (χ3n) is 3.18. The molecule has 1 N–H and O–H groups in total. The van der Waals surface area contributed by atoms with Gasteiger partial charge in [0.1, 0.15) is 12.4 Å². The van der Waals surface area contributed by atoms with Gasteiger partial charge in [-0.25, -0.2) is 14.6 Å². The quantitative estimate of drug-likeness (QED) is 0.840. The summed E-state index contributed by atoms with van der Waals surface area (Å²) >= 11 is 0. The maximum Gasteiger partial charge on any atom is 0.410 e. The topological polar surface area (TPSA) is 83.0 Å². The molecule has 1 amide bonds. The molecule has 7 nitrogen and oxygen atoms in total. The predicted octanol–water partition coefficient (Wildman–Crippen LogP) is 1.22. The van der Waals surface area contributed by atoms with E-state index in [9.17, 15) is 9.59 Å². The van der Waals surface area contributed by atoms with Crippen LogP contribution in [-0.2, 0) is 4.74 Å². The van der Waals surface area contributed by atoms with Crippen molar-refractivity contribution in [3.8, 4) is 0 Å². The molecule has 1 saturated heterocycles. The first-order chi connectivity index (χ1) is 10.1. The van der Waals surface area contributed by atoms with Crippen LogP contribution in [0.2, 0.25) is 0 Å². The Balaban J connectivity index is 1.94. The van der Waals surface area contributed by atoms with Gasteiger partial charge in [-0.3, -0.25) is 0 Å². The van der Waals surface area contributed by atoms with Crippen LogP contribution in [-0.4, -0.2) is 59.8 Å². The third kappa shape index (κ3) is 3.71. The molecule has 0 saturated carbocycles. The van der Waals surface area contributed by atoms with Crippen molar-refractivity contribution in [1.82, 2.24) is 9.88 Å². The highest BCUT2D eigenvalue weighted by atomic mass is 16.6. The number of aromatic nitrogens is 1. The third-order valence-corrected chi connectivity index (χ3v) is 3.18. The summed E-state index contributed by atoms with van der Waals surface area (Å²) < 4.78 is 4.98. The van der Waals surface area contributed by atoms with Crippen molar-refractivity contribution < 1.29 is 19.4 Å². The van der Waals surface area contributed by atoms with Crippen LogP contribution in [0.1, 0.15) is 10.4 Å². The van der Waals surface area contributed by atoms with E-state index in [4.69, 9.17) is 9.84 Å². The van der Waals surface area contributed by atoms with E-state index in [0.717, 1.165) is 0 Å². The summed E-state index contributed by atoms with van der Waals surface area (Å²) in [6.07, 6.45) is 2.64. The van der Waals surface area contributed by atoms with E-state index in [1.165, 1.54) is 24.4 Å². The second kappa shape index (κ2) is 6.74. The van der Waals surface area contributed by atoms with Crippen molar-refractivity contribution in [3.63, 3.8) is 0 Å². The number of pyridine rings is 1. The molecule has 1 aliphatic rings. The van der Waals surface area contributed by atoms with Gasteiger partial charge in [0.2, 0.25) is 0 Å². The Morgan fingerprint density at radius 2 is 2.10 bits per heavy atom. The fraction of sp³-hybridized carbons (Fsp3) is 0.357. The molecule has 1 aromatic rings. The summed E-state index contributed by atoms with van der Waals surface area (Å²) in [5, 5.41) is 8.98. The minimum absolute atomic E-state index is 0.196. The largest absolute Gasteiger partial charge is 0.478 e. The number of amides is 1. The lowest BCUT2D eigenvalue weighted by atomic mass is 10.2. The molecule has 2 heterocycles. The molecule has 0 spiro atoms. The molecule has 0 aliphatic carbocycles. The SMILES string of the molecule is C=CCOC(=O)N1CCN(c2cc(C(=O)O)ccn2)CC1. The lowest BCUT2D eigenvalue weighted by molar-refractivity contribution is 0.0696. The highest BCUT2D eigenvalue weighted by Gasteiger charge is 2.23. The van der Waals surface area contributed by atoms with Gasteiger partial charge in [0.25, 0.3) is 0 Å². The molecule has 0 atom stereocenters. The van der Waals surface area contributed by atoms with Crippen LogP contribution in [0.15, 0.2) is 31.0 Å². The van der Waals surface area contributed by atoms with E-state index < -0.39 is 5.97 Å². The zero-order valence-corrected chi connectivity index (χ0v) is 11.6.